The zero-order valence-electron chi connectivity index (χ0n) is 12.1. The summed E-state index contributed by atoms with van der Waals surface area (Å²) in [5.74, 6) is 0.101. The monoisotopic (exact) mass is 301 g/mol. The molecule has 2 rings (SSSR count). The number of nitro groups is 1. The average Bonchev–Trinajstić information content (AvgIpc) is 2.48. The highest BCUT2D eigenvalue weighted by Gasteiger charge is 2.14. The Hall–Kier alpha value is -3.09. The van der Waals surface area contributed by atoms with Crippen molar-refractivity contribution >= 4 is 23.0 Å². The van der Waals surface area contributed by atoms with E-state index in [2.05, 4.69) is 5.32 Å². The maximum atomic E-state index is 12.3. The zero-order valence-corrected chi connectivity index (χ0v) is 12.1. The maximum absolute atomic E-state index is 12.3. The molecule has 0 saturated carbocycles. The summed E-state index contributed by atoms with van der Waals surface area (Å²) in [6.45, 7) is 1.75. The van der Waals surface area contributed by atoms with E-state index >= 15 is 0 Å². The minimum Gasteiger partial charge on any atom is -0.497 e. The number of ether oxygens (including phenoxy) is 1. The number of amides is 1. The fourth-order valence-corrected chi connectivity index (χ4v) is 1.92. The summed E-state index contributed by atoms with van der Waals surface area (Å²) < 4.78 is 5.02. The molecule has 0 saturated heterocycles. The van der Waals surface area contributed by atoms with Crippen LogP contribution in [0.3, 0.4) is 0 Å². The lowest BCUT2D eigenvalue weighted by Crippen LogP contribution is -2.15. The van der Waals surface area contributed by atoms with Gasteiger partial charge in [-0.1, -0.05) is 6.07 Å². The Kier molecular flexibility index (Phi) is 4.26. The molecule has 0 bridgehead atoms. The van der Waals surface area contributed by atoms with E-state index in [0.717, 1.165) is 0 Å². The highest BCUT2D eigenvalue weighted by atomic mass is 16.6. The van der Waals surface area contributed by atoms with Gasteiger partial charge in [-0.15, -0.1) is 0 Å². The van der Waals surface area contributed by atoms with Crippen LogP contribution in [0.25, 0.3) is 0 Å². The number of nitro benzene ring substituents is 1. The van der Waals surface area contributed by atoms with Gasteiger partial charge in [-0.2, -0.15) is 0 Å². The largest absolute Gasteiger partial charge is 0.497 e. The first kappa shape index (κ1) is 15.3. The molecule has 0 spiro atoms. The molecule has 0 aliphatic rings. The van der Waals surface area contributed by atoms with Crippen LogP contribution in [0.1, 0.15) is 15.9 Å². The van der Waals surface area contributed by atoms with Crippen molar-refractivity contribution in [2.75, 3.05) is 18.2 Å². The topological polar surface area (TPSA) is 107 Å². The first-order chi connectivity index (χ1) is 10.4. The fourth-order valence-electron chi connectivity index (χ4n) is 1.92. The zero-order chi connectivity index (χ0) is 16.3. The number of rotatable bonds is 4. The molecule has 2 aromatic carbocycles. The Morgan fingerprint density at radius 2 is 2.00 bits per heavy atom. The molecular weight excluding hydrogens is 286 g/mol. The van der Waals surface area contributed by atoms with Gasteiger partial charge in [0.2, 0.25) is 0 Å². The highest BCUT2D eigenvalue weighted by Crippen LogP contribution is 2.24. The third-order valence-electron chi connectivity index (χ3n) is 3.18. The Morgan fingerprint density at radius 1 is 1.27 bits per heavy atom. The van der Waals surface area contributed by atoms with E-state index in [1.54, 1.807) is 19.1 Å². The van der Waals surface area contributed by atoms with Crippen molar-refractivity contribution in [1.29, 1.82) is 0 Å². The summed E-state index contributed by atoms with van der Waals surface area (Å²) in [6.07, 6.45) is 0. The predicted molar refractivity (Wildman–Crippen MR) is 83.2 cm³/mol. The summed E-state index contributed by atoms with van der Waals surface area (Å²) in [4.78, 5) is 22.6. The maximum Gasteiger partial charge on any atom is 0.271 e. The van der Waals surface area contributed by atoms with Gasteiger partial charge in [-0.05, 0) is 24.6 Å². The second-order valence-corrected chi connectivity index (χ2v) is 4.66. The van der Waals surface area contributed by atoms with E-state index in [4.69, 9.17) is 10.5 Å². The lowest BCUT2D eigenvalue weighted by atomic mass is 10.1. The lowest BCUT2D eigenvalue weighted by molar-refractivity contribution is -0.384. The van der Waals surface area contributed by atoms with Gasteiger partial charge in [0, 0.05) is 23.9 Å². The average molecular weight is 301 g/mol. The number of benzene rings is 2. The van der Waals surface area contributed by atoms with E-state index in [1.165, 1.54) is 31.4 Å². The van der Waals surface area contributed by atoms with Gasteiger partial charge >= 0.3 is 0 Å². The summed E-state index contributed by atoms with van der Waals surface area (Å²) in [5, 5.41) is 13.4. The summed E-state index contributed by atoms with van der Waals surface area (Å²) in [7, 11) is 1.50. The molecule has 0 aliphatic carbocycles. The summed E-state index contributed by atoms with van der Waals surface area (Å²) in [6, 6.07) is 8.96. The second kappa shape index (κ2) is 6.13. The lowest BCUT2D eigenvalue weighted by Gasteiger charge is -2.10. The minimum atomic E-state index is -0.517. The van der Waals surface area contributed by atoms with Gasteiger partial charge in [0.05, 0.1) is 23.3 Å². The fraction of sp³-hybridized carbons (Fsp3) is 0.133. The van der Waals surface area contributed by atoms with Gasteiger partial charge < -0.3 is 15.8 Å². The van der Waals surface area contributed by atoms with Crippen LogP contribution in [0.5, 0.6) is 5.75 Å². The molecule has 0 atom stereocenters. The molecule has 0 unspecified atom stereocenters. The van der Waals surface area contributed by atoms with Crippen molar-refractivity contribution in [3.05, 3.63) is 57.6 Å². The molecule has 7 nitrogen and oxygen atoms in total. The molecule has 0 aliphatic heterocycles. The van der Waals surface area contributed by atoms with Gasteiger partial charge in [0.1, 0.15) is 5.75 Å². The smallest absolute Gasteiger partial charge is 0.271 e. The van der Waals surface area contributed by atoms with Crippen molar-refractivity contribution in [2.45, 2.75) is 6.92 Å². The molecule has 2 aromatic rings. The highest BCUT2D eigenvalue weighted by molar-refractivity contribution is 6.08. The summed E-state index contributed by atoms with van der Waals surface area (Å²) in [5.41, 5.74) is 7.34. The van der Waals surface area contributed by atoms with Crippen molar-refractivity contribution in [2.24, 2.45) is 0 Å². The van der Waals surface area contributed by atoms with E-state index in [0.29, 0.717) is 17.0 Å². The molecule has 0 radical (unpaired) electrons. The molecule has 1 amide bonds. The minimum absolute atomic E-state index is 0.0939. The van der Waals surface area contributed by atoms with Crippen LogP contribution in [0.15, 0.2) is 36.4 Å². The number of nitrogen functional groups attached to an aromatic ring is 1. The number of nitrogens with two attached hydrogens (primary N) is 1. The molecule has 22 heavy (non-hydrogen) atoms. The normalized spacial score (nSPS) is 10.1. The number of carbonyl (C=O) groups excluding carboxylic acids is 1. The molecule has 114 valence electrons. The Bertz CT molecular complexity index is 744. The number of hydrogen-bond acceptors (Lipinski definition) is 5. The quantitative estimate of drug-likeness (QED) is 0.513. The van der Waals surface area contributed by atoms with Crippen LogP contribution < -0.4 is 15.8 Å². The first-order valence-corrected chi connectivity index (χ1v) is 6.42. The van der Waals surface area contributed by atoms with Crippen molar-refractivity contribution < 1.29 is 14.5 Å². The molecule has 3 N–H and O–H groups in total. The van der Waals surface area contributed by atoms with Crippen molar-refractivity contribution in [1.82, 2.24) is 0 Å². The predicted octanol–water partition coefficient (Wildman–Crippen LogP) is 2.75. The molecule has 7 heteroatoms. The van der Waals surface area contributed by atoms with Gasteiger partial charge in [0.15, 0.2) is 0 Å². The van der Waals surface area contributed by atoms with E-state index in [9.17, 15) is 14.9 Å². The number of nitrogens with zero attached hydrogens (tertiary/aromatic N) is 1. The van der Waals surface area contributed by atoms with Gasteiger partial charge in [-0.25, -0.2) is 0 Å². The third kappa shape index (κ3) is 3.14. The van der Waals surface area contributed by atoms with Crippen LogP contribution >= 0.6 is 0 Å². The SMILES string of the molecule is COc1ccc(C(=O)Nc2cc([N+](=O)[O-])ccc2C)c(N)c1. The van der Waals surface area contributed by atoms with Crippen LogP contribution in [0, 0.1) is 17.0 Å². The van der Waals surface area contributed by atoms with Crippen LogP contribution in [-0.2, 0) is 0 Å². The van der Waals surface area contributed by atoms with Gasteiger partial charge in [-0.3, -0.25) is 14.9 Å². The molecule has 0 aromatic heterocycles. The molecule has 0 fully saturated rings. The second-order valence-electron chi connectivity index (χ2n) is 4.66. The standard InChI is InChI=1S/C15H15N3O4/c1-9-3-4-10(18(20)21)7-14(9)17-15(19)12-6-5-11(22-2)8-13(12)16/h3-8H,16H2,1-2H3,(H,17,19). The van der Waals surface area contributed by atoms with E-state index < -0.39 is 10.8 Å². The van der Waals surface area contributed by atoms with Crippen LogP contribution in [-0.4, -0.2) is 17.9 Å². The number of non-ortho nitro benzene ring substituents is 1. The number of methoxy groups -OCH3 is 1. The Morgan fingerprint density at radius 3 is 2.59 bits per heavy atom. The molecule has 0 heterocycles. The van der Waals surface area contributed by atoms with Crippen LogP contribution in [0.4, 0.5) is 17.1 Å². The first-order valence-electron chi connectivity index (χ1n) is 6.42. The van der Waals surface area contributed by atoms with Crippen LogP contribution in [0.2, 0.25) is 0 Å². The van der Waals surface area contributed by atoms with Crippen molar-refractivity contribution in [3.8, 4) is 5.75 Å². The van der Waals surface area contributed by atoms with E-state index in [1.807, 2.05) is 0 Å². The number of carbonyl (C=O) groups is 1. The summed E-state index contributed by atoms with van der Waals surface area (Å²) >= 11 is 0. The number of aryl methyl sites for hydroxylation is 1. The number of nitrogens with one attached hydrogen (secondary N) is 1. The van der Waals surface area contributed by atoms with Crippen molar-refractivity contribution in [3.63, 3.8) is 0 Å². The molecular formula is C15H15N3O4. The third-order valence-corrected chi connectivity index (χ3v) is 3.18. The van der Waals surface area contributed by atoms with Gasteiger partial charge in [0.25, 0.3) is 11.6 Å². The number of hydrogen-bond donors (Lipinski definition) is 2. The van der Waals surface area contributed by atoms with E-state index in [-0.39, 0.29) is 16.9 Å². The number of anilines is 2. The Balaban J connectivity index is 2.29. The Labute approximate surface area is 126 Å².